The van der Waals surface area contributed by atoms with Crippen LogP contribution in [-0.4, -0.2) is 41.6 Å². The zero-order chi connectivity index (χ0) is 21.8. The Morgan fingerprint density at radius 2 is 1.97 bits per heavy atom. The van der Waals surface area contributed by atoms with Gasteiger partial charge in [0.05, 0.1) is 10.7 Å². The van der Waals surface area contributed by atoms with Gasteiger partial charge in [0.25, 0.3) is 5.91 Å². The van der Waals surface area contributed by atoms with Crippen LogP contribution in [-0.2, 0) is 16.2 Å². The number of hydrogen-bond donors (Lipinski definition) is 2. The minimum atomic E-state index is -1.28. The van der Waals surface area contributed by atoms with E-state index in [1.807, 2.05) is 12.1 Å². The molecule has 0 aromatic heterocycles. The monoisotopic (exact) mass is 542 g/mol. The molecule has 156 valence electrons. The van der Waals surface area contributed by atoms with E-state index in [1.54, 1.807) is 24.3 Å². The van der Waals surface area contributed by atoms with Gasteiger partial charge in [-0.1, -0.05) is 23.7 Å². The van der Waals surface area contributed by atoms with Crippen molar-refractivity contribution in [3.05, 3.63) is 61.8 Å². The van der Waals surface area contributed by atoms with Gasteiger partial charge in [-0.2, -0.15) is 0 Å². The third-order valence-electron chi connectivity index (χ3n) is 4.11. The Morgan fingerprint density at radius 1 is 1.27 bits per heavy atom. The number of nitrogens with one attached hydrogen (secondary N) is 1. The normalized spacial score (nSPS) is 14.8. The predicted octanol–water partition coefficient (Wildman–Crippen LogP) is 3.51. The molecule has 30 heavy (non-hydrogen) atoms. The van der Waals surface area contributed by atoms with Crippen LogP contribution < -0.4 is 14.8 Å². The fourth-order valence-electron chi connectivity index (χ4n) is 2.72. The summed E-state index contributed by atoms with van der Waals surface area (Å²) in [6.07, 6.45) is 1.45. The molecule has 1 aliphatic heterocycles. The summed E-state index contributed by atoms with van der Waals surface area (Å²) in [7, 11) is 1.49. The van der Waals surface area contributed by atoms with Crippen LogP contribution in [0, 0.1) is 3.57 Å². The second kappa shape index (κ2) is 9.35. The van der Waals surface area contributed by atoms with Crippen LogP contribution in [0.3, 0.4) is 0 Å². The van der Waals surface area contributed by atoms with Crippen LogP contribution in [0.2, 0.25) is 5.02 Å². The lowest BCUT2D eigenvalue weighted by molar-refractivity contribution is -0.140. The van der Waals surface area contributed by atoms with Crippen LogP contribution in [0.1, 0.15) is 11.1 Å². The largest absolute Gasteiger partial charge is 0.493 e. The molecule has 3 rings (SSSR count). The van der Waals surface area contributed by atoms with Crippen molar-refractivity contribution < 1.29 is 29.0 Å². The molecule has 1 fully saturated rings. The summed E-state index contributed by atoms with van der Waals surface area (Å²) in [6.45, 7) is -0.400. The molecule has 10 heteroatoms. The highest BCUT2D eigenvalue weighted by Crippen LogP contribution is 2.35. The van der Waals surface area contributed by atoms with Crippen molar-refractivity contribution in [1.29, 1.82) is 0 Å². The number of amides is 3. The molecule has 3 amide bonds. The Bertz CT molecular complexity index is 1040. The first-order valence-electron chi connectivity index (χ1n) is 8.59. The SMILES string of the molecule is COc1cc(/C=C2\NC(=O)N(CC(=O)O)C2=O)cc(I)c1OCc1ccc(Cl)cc1. The maximum absolute atomic E-state index is 12.3. The van der Waals surface area contributed by atoms with Gasteiger partial charge in [-0.25, -0.2) is 9.69 Å². The maximum Gasteiger partial charge on any atom is 0.329 e. The average molecular weight is 543 g/mol. The third-order valence-corrected chi connectivity index (χ3v) is 5.17. The van der Waals surface area contributed by atoms with Gasteiger partial charge in [0.2, 0.25) is 0 Å². The predicted molar refractivity (Wildman–Crippen MR) is 117 cm³/mol. The van der Waals surface area contributed by atoms with E-state index in [4.69, 9.17) is 26.2 Å². The summed E-state index contributed by atoms with van der Waals surface area (Å²) < 4.78 is 12.1. The van der Waals surface area contributed by atoms with E-state index in [2.05, 4.69) is 27.9 Å². The molecule has 0 aliphatic carbocycles. The number of carboxylic acids is 1. The number of ether oxygens (including phenoxy) is 2. The average Bonchev–Trinajstić information content (AvgIpc) is 2.95. The van der Waals surface area contributed by atoms with Crippen LogP contribution in [0.15, 0.2) is 42.1 Å². The summed E-state index contributed by atoms with van der Waals surface area (Å²) in [4.78, 5) is 35.6. The first-order valence-corrected chi connectivity index (χ1v) is 10.0. The highest BCUT2D eigenvalue weighted by Gasteiger charge is 2.34. The molecule has 0 saturated carbocycles. The molecule has 1 heterocycles. The standard InChI is InChI=1S/C20H16ClIN2O6/c1-29-16-8-12(7-15-19(27)24(9-17(25)26)20(28)23-15)6-14(22)18(16)30-10-11-2-4-13(21)5-3-11/h2-8H,9-10H2,1H3,(H,23,28)(H,25,26)/b15-7-. The zero-order valence-electron chi connectivity index (χ0n) is 15.6. The third kappa shape index (κ3) is 5.03. The van der Waals surface area contributed by atoms with E-state index in [-0.39, 0.29) is 5.70 Å². The lowest BCUT2D eigenvalue weighted by atomic mass is 10.1. The Kier molecular flexibility index (Phi) is 6.83. The van der Waals surface area contributed by atoms with E-state index >= 15 is 0 Å². The van der Waals surface area contributed by atoms with Gasteiger partial charge in [-0.05, 0) is 64.1 Å². The van der Waals surface area contributed by atoms with Gasteiger partial charge in [-0.15, -0.1) is 0 Å². The highest BCUT2D eigenvalue weighted by molar-refractivity contribution is 14.1. The molecule has 0 spiro atoms. The topological polar surface area (TPSA) is 105 Å². The molecule has 8 nitrogen and oxygen atoms in total. The van der Waals surface area contributed by atoms with E-state index in [0.29, 0.717) is 33.6 Å². The minimum Gasteiger partial charge on any atom is -0.493 e. The Balaban J connectivity index is 1.82. The van der Waals surface area contributed by atoms with Gasteiger partial charge >= 0.3 is 12.0 Å². The molecule has 0 atom stereocenters. The Hall–Kier alpha value is -2.79. The lowest BCUT2D eigenvalue weighted by Gasteiger charge is -2.14. The van der Waals surface area contributed by atoms with Gasteiger partial charge in [0.15, 0.2) is 11.5 Å². The van der Waals surface area contributed by atoms with Crippen molar-refractivity contribution in [3.8, 4) is 11.5 Å². The molecule has 2 N–H and O–H groups in total. The van der Waals surface area contributed by atoms with E-state index in [9.17, 15) is 14.4 Å². The van der Waals surface area contributed by atoms with Crippen LogP contribution in [0.4, 0.5) is 4.79 Å². The van der Waals surface area contributed by atoms with E-state index in [1.165, 1.54) is 13.2 Å². The molecule has 1 aliphatic rings. The summed E-state index contributed by atoms with van der Waals surface area (Å²) in [5.74, 6) is -1.01. The summed E-state index contributed by atoms with van der Waals surface area (Å²) >= 11 is 7.98. The second-order valence-corrected chi connectivity index (χ2v) is 7.82. The van der Waals surface area contributed by atoms with Gasteiger partial charge in [0, 0.05) is 5.02 Å². The smallest absolute Gasteiger partial charge is 0.329 e. The molecular formula is C20H16ClIN2O6. The van der Waals surface area contributed by atoms with Gasteiger partial charge < -0.3 is 19.9 Å². The van der Waals surface area contributed by atoms with Crippen molar-refractivity contribution in [3.63, 3.8) is 0 Å². The van der Waals surface area contributed by atoms with E-state index < -0.39 is 24.5 Å². The van der Waals surface area contributed by atoms with Crippen LogP contribution in [0.5, 0.6) is 11.5 Å². The summed E-state index contributed by atoms with van der Waals surface area (Å²) in [6, 6.07) is 9.91. The van der Waals surface area contributed by atoms with Crippen molar-refractivity contribution in [2.45, 2.75) is 6.61 Å². The number of urea groups is 1. The molecule has 1 saturated heterocycles. The molecule has 2 aromatic rings. The second-order valence-electron chi connectivity index (χ2n) is 6.22. The lowest BCUT2D eigenvalue weighted by Crippen LogP contribution is -2.35. The summed E-state index contributed by atoms with van der Waals surface area (Å²) in [5.41, 5.74) is 1.49. The summed E-state index contributed by atoms with van der Waals surface area (Å²) in [5, 5.41) is 11.9. The number of carboxylic acid groups (broad SMARTS) is 1. The number of rotatable bonds is 7. The molecule has 2 aromatic carbocycles. The number of carbonyl (C=O) groups is 3. The van der Waals surface area contributed by atoms with Crippen molar-refractivity contribution in [2.75, 3.05) is 13.7 Å². The Labute approximate surface area is 190 Å². The number of imide groups is 1. The zero-order valence-corrected chi connectivity index (χ0v) is 18.6. The Morgan fingerprint density at radius 3 is 2.60 bits per heavy atom. The fourth-order valence-corrected chi connectivity index (χ4v) is 3.62. The number of benzene rings is 2. The number of methoxy groups -OCH3 is 1. The molecule has 0 radical (unpaired) electrons. The maximum atomic E-state index is 12.3. The number of aliphatic carboxylic acids is 1. The number of halogens is 2. The first-order chi connectivity index (χ1) is 14.3. The molecule has 0 unspecified atom stereocenters. The molecular weight excluding hydrogens is 527 g/mol. The van der Waals surface area contributed by atoms with Gasteiger partial charge in [0.1, 0.15) is 18.8 Å². The van der Waals surface area contributed by atoms with Crippen LogP contribution in [0.25, 0.3) is 6.08 Å². The number of hydrogen-bond acceptors (Lipinski definition) is 5. The highest BCUT2D eigenvalue weighted by atomic mass is 127. The van der Waals surface area contributed by atoms with E-state index in [0.717, 1.165) is 9.13 Å². The minimum absolute atomic E-state index is 0.0195. The first kappa shape index (κ1) is 21.9. The van der Waals surface area contributed by atoms with Crippen molar-refractivity contribution in [2.24, 2.45) is 0 Å². The van der Waals surface area contributed by atoms with Crippen molar-refractivity contribution >= 4 is 58.2 Å². The number of nitrogens with zero attached hydrogens (tertiary/aromatic N) is 1. The quantitative estimate of drug-likeness (QED) is 0.315. The molecule has 0 bridgehead atoms. The fraction of sp³-hybridized carbons (Fsp3) is 0.150. The van der Waals surface area contributed by atoms with Crippen LogP contribution >= 0.6 is 34.2 Å². The number of carbonyl (C=O) groups excluding carboxylic acids is 2. The van der Waals surface area contributed by atoms with Gasteiger partial charge in [-0.3, -0.25) is 9.59 Å². The van der Waals surface area contributed by atoms with Crippen molar-refractivity contribution in [1.82, 2.24) is 10.2 Å².